The fraction of sp³-hybridized carbons (Fsp3) is 0.211. The van der Waals surface area contributed by atoms with Crippen molar-refractivity contribution in [2.75, 3.05) is 14.2 Å². The standard InChI is InChI=1S/C19H20N2O3/c1-23-16-7-8-17-14(10-16)9-15(19(22)21-17)12-20-11-13-5-3-4-6-18(13)24-2/h3-10,20H,11-12H2,1-2H3,(H,21,22). The summed E-state index contributed by atoms with van der Waals surface area (Å²) >= 11 is 0. The van der Waals surface area contributed by atoms with Crippen LogP contribution in [0.25, 0.3) is 10.9 Å². The first-order valence-electron chi connectivity index (χ1n) is 7.74. The molecule has 1 heterocycles. The summed E-state index contributed by atoms with van der Waals surface area (Å²) in [6.07, 6.45) is 0. The van der Waals surface area contributed by atoms with Gasteiger partial charge in [0, 0.05) is 35.1 Å². The van der Waals surface area contributed by atoms with Gasteiger partial charge in [-0.25, -0.2) is 0 Å². The maximum absolute atomic E-state index is 12.2. The molecule has 0 radical (unpaired) electrons. The Labute approximate surface area is 140 Å². The zero-order valence-electron chi connectivity index (χ0n) is 13.8. The largest absolute Gasteiger partial charge is 0.497 e. The average molecular weight is 324 g/mol. The van der Waals surface area contributed by atoms with Gasteiger partial charge < -0.3 is 19.8 Å². The predicted octanol–water partition coefficient (Wildman–Crippen LogP) is 2.84. The van der Waals surface area contributed by atoms with Crippen LogP contribution in [0.4, 0.5) is 0 Å². The summed E-state index contributed by atoms with van der Waals surface area (Å²) in [7, 11) is 3.28. The number of benzene rings is 2. The number of hydrogen-bond acceptors (Lipinski definition) is 4. The molecule has 5 heteroatoms. The number of pyridine rings is 1. The maximum atomic E-state index is 12.2. The summed E-state index contributed by atoms with van der Waals surface area (Å²) < 4.78 is 10.6. The fourth-order valence-electron chi connectivity index (χ4n) is 2.67. The Morgan fingerprint density at radius 2 is 1.75 bits per heavy atom. The Morgan fingerprint density at radius 3 is 2.54 bits per heavy atom. The van der Waals surface area contributed by atoms with Gasteiger partial charge in [-0.2, -0.15) is 0 Å². The molecule has 1 aromatic heterocycles. The van der Waals surface area contributed by atoms with Gasteiger partial charge in [-0.05, 0) is 30.3 Å². The summed E-state index contributed by atoms with van der Waals surface area (Å²) in [5.41, 5.74) is 2.46. The van der Waals surface area contributed by atoms with E-state index in [1.807, 2.05) is 48.5 Å². The molecule has 0 aliphatic carbocycles. The molecule has 0 unspecified atom stereocenters. The Hall–Kier alpha value is -2.79. The second-order valence-corrected chi connectivity index (χ2v) is 5.49. The van der Waals surface area contributed by atoms with Crippen LogP contribution < -0.4 is 20.3 Å². The molecule has 3 rings (SSSR count). The summed E-state index contributed by atoms with van der Waals surface area (Å²) in [4.78, 5) is 15.1. The lowest BCUT2D eigenvalue weighted by molar-refractivity contribution is 0.407. The highest BCUT2D eigenvalue weighted by Crippen LogP contribution is 2.19. The van der Waals surface area contributed by atoms with Gasteiger partial charge in [0.15, 0.2) is 0 Å². The van der Waals surface area contributed by atoms with Crippen molar-refractivity contribution in [1.29, 1.82) is 0 Å². The number of rotatable bonds is 6. The van der Waals surface area contributed by atoms with Crippen molar-refractivity contribution in [3.05, 3.63) is 70.0 Å². The van der Waals surface area contributed by atoms with Crippen molar-refractivity contribution in [3.63, 3.8) is 0 Å². The van der Waals surface area contributed by atoms with Gasteiger partial charge in [0.2, 0.25) is 0 Å². The highest BCUT2D eigenvalue weighted by molar-refractivity contribution is 5.80. The zero-order valence-corrected chi connectivity index (χ0v) is 13.8. The number of hydrogen-bond donors (Lipinski definition) is 2. The number of aromatic amines is 1. The molecular weight excluding hydrogens is 304 g/mol. The Kier molecular flexibility index (Phi) is 4.82. The third-order valence-corrected chi connectivity index (χ3v) is 3.95. The van der Waals surface area contributed by atoms with Gasteiger partial charge in [-0.3, -0.25) is 4.79 Å². The minimum absolute atomic E-state index is 0.0832. The van der Waals surface area contributed by atoms with Crippen LogP contribution in [0.2, 0.25) is 0 Å². The van der Waals surface area contributed by atoms with Crippen molar-refractivity contribution in [3.8, 4) is 11.5 Å². The minimum Gasteiger partial charge on any atom is -0.497 e. The normalized spacial score (nSPS) is 10.8. The highest BCUT2D eigenvalue weighted by Gasteiger charge is 2.05. The smallest absolute Gasteiger partial charge is 0.252 e. The highest BCUT2D eigenvalue weighted by atomic mass is 16.5. The molecular formula is C19H20N2O3. The van der Waals surface area contributed by atoms with Crippen molar-refractivity contribution >= 4 is 10.9 Å². The van der Waals surface area contributed by atoms with Gasteiger partial charge >= 0.3 is 0 Å². The first kappa shape index (κ1) is 16.1. The number of fused-ring (bicyclic) bond motifs is 1. The number of methoxy groups -OCH3 is 2. The van der Waals surface area contributed by atoms with Crippen LogP contribution in [0.5, 0.6) is 11.5 Å². The topological polar surface area (TPSA) is 63.4 Å². The van der Waals surface area contributed by atoms with Crippen LogP contribution in [0.15, 0.2) is 53.3 Å². The van der Waals surface area contributed by atoms with E-state index in [0.717, 1.165) is 28.0 Å². The molecule has 24 heavy (non-hydrogen) atoms. The van der Waals surface area contributed by atoms with Crippen LogP contribution in [-0.4, -0.2) is 19.2 Å². The van der Waals surface area contributed by atoms with Crippen molar-refractivity contribution in [2.24, 2.45) is 0 Å². The lowest BCUT2D eigenvalue weighted by Gasteiger charge is -2.10. The molecule has 5 nitrogen and oxygen atoms in total. The second kappa shape index (κ2) is 7.19. The summed E-state index contributed by atoms with van der Waals surface area (Å²) in [5.74, 6) is 1.60. The van der Waals surface area contributed by atoms with Gasteiger partial charge in [-0.15, -0.1) is 0 Å². The van der Waals surface area contributed by atoms with Crippen LogP contribution in [0, 0.1) is 0 Å². The average Bonchev–Trinajstić information content (AvgIpc) is 2.62. The number of H-pyrrole nitrogens is 1. The molecule has 0 bridgehead atoms. The van der Waals surface area contributed by atoms with Gasteiger partial charge in [0.1, 0.15) is 11.5 Å². The Bertz CT molecular complexity index is 902. The van der Waals surface area contributed by atoms with E-state index >= 15 is 0 Å². The molecule has 0 spiro atoms. The molecule has 124 valence electrons. The van der Waals surface area contributed by atoms with Crippen LogP contribution in [0.1, 0.15) is 11.1 Å². The molecule has 3 aromatic rings. The monoisotopic (exact) mass is 324 g/mol. The van der Waals surface area contributed by atoms with E-state index < -0.39 is 0 Å². The van der Waals surface area contributed by atoms with E-state index in [-0.39, 0.29) is 5.56 Å². The van der Waals surface area contributed by atoms with E-state index in [1.165, 1.54) is 0 Å². The van der Waals surface area contributed by atoms with E-state index in [4.69, 9.17) is 9.47 Å². The fourth-order valence-corrected chi connectivity index (χ4v) is 2.67. The molecule has 0 saturated heterocycles. The molecule has 0 aliphatic rings. The number of ether oxygens (including phenoxy) is 2. The van der Waals surface area contributed by atoms with Crippen molar-refractivity contribution in [1.82, 2.24) is 10.3 Å². The quantitative estimate of drug-likeness (QED) is 0.732. The molecule has 0 atom stereocenters. The van der Waals surface area contributed by atoms with E-state index in [9.17, 15) is 4.79 Å². The second-order valence-electron chi connectivity index (χ2n) is 5.49. The predicted molar refractivity (Wildman–Crippen MR) is 94.7 cm³/mol. The summed E-state index contributed by atoms with van der Waals surface area (Å²) in [6, 6.07) is 15.3. The SMILES string of the molecule is COc1ccc2[nH]c(=O)c(CNCc3ccccc3OC)cc2c1. The lowest BCUT2D eigenvalue weighted by Crippen LogP contribution is -2.21. The Morgan fingerprint density at radius 1 is 0.958 bits per heavy atom. The third kappa shape index (κ3) is 3.41. The molecule has 0 aliphatic heterocycles. The van der Waals surface area contributed by atoms with E-state index in [0.29, 0.717) is 18.7 Å². The first-order chi connectivity index (χ1) is 11.7. The third-order valence-electron chi connectivity index (χ3n) is 3.95. The van der Waals surface area contributed by atoms with Crippen LogP contribution in [-0.2, 0) is 13.1 Å². The van der Waals surface area contributed by atoms with Gasteiger partial charge in [0.25, 0.3) is 5.56 Å². The molecule has 2 aromatic carbocycles. The molecule has 2 N–H and O–H groups in total. The van der Waals surface area contributed by atoms with Crippen LogP contribution in [0.3, 0.4) is 0 Å². The Balaban J connectivity index is 1.77. The maximum Gasteiger partial charge on any atom is 0.252 e. The van der Waals surface area contributed by atoms with E-state index in [2.05, 4.69) is 10.3 Å². The molecule has 0 amide bonds. The molecule has 0 saturated carbocycles. The first-order valence-corrected chi connectivity index (χ1v) is 7.74. The minimum atomic E-state index is -0.0832. The zero-order chi connectivity index (χ0) is 16.9. The lowest BCUT2D eigenvalue weighted by atomic mass is 10.1. The van der Waals surface area contributed by atoms with Crippen molar-refractivity contribution in [2.45, 2.75) is 13.1 Å². The summed E-state index contributed by atoms with van der Waals surface area (Å²) in [5, 5.41) is 4.24. The number of aromatic nitrogens is 1. The van der Waals surface area contributed by atoms with Gasteiger partial charge in [0.05, 0.1) is 14.2 Å². The summed E-state index contributed by atoms with van der Waals surface area (Å²) in [6.45, 7) is 1.10. The van der Waals surface area contributed by atoms with Crippen molar-refractivity contribution < 1.29 is 9.47 Å². The number of para-hydroxylation sites is 1. The number of nitrogens with one attached hydrogen (secondary N) is 2. The van der Waals surface area contributed by atoms with Gasteiger partial charge in [-0.1, -0.05) is 18.2 Å². The van der Waals surface area contributed by atoms with E-state index in [1.54, 1.807) is 14.2 Å². The van der Waals surface area contributed by atoms with Crippen LogP contribution >= 0.6 is 0 Å². The molecule has 0 fully saturated rings.